The van der Waals surface area contributed by atoms with Gasteiger partial charge < -0.3 is 0 Å². The van der Waals surface area contributed by atoms with Crippen molar-refractivity contribution in [3.05, 3.63) is 74.1 Å². The van der Waals surface area contributed by atoms with Gasteiger partial charge in [-0.1, -0.05) is 54.4 Å². The normalized spacial score (nSPS) is 10.7. The van der Waals surface area contributed by atoms with Crippen LogP contribution in [0.25, 0.3) is 10.8 Å². The van der Waals surface area contributed by atoms with Crippen molar-refractivity contribution in [3.63, 3.8) is 0 Å². The summed E-state index contributed by atoms with van der Waals surface area (Å²) in [5.74, 6) is -1.09. The molecule has 1 heterocycles. The smallest absolute Gasteiger partial charge is 0.273 e. The maximum absolute atomic E-state index is 12.6. The number of benzene rings is 2. The van der Waals surface area contributed by atoms with E-state index >= 15 is 0 Å². The standard InChI is InChI=1S/C20H18Cl2N4O3/c1-2-9-26-20(29)15-6-4-3-5-14(15)18(25-26)19(28)24-23-17(27)10-12-7-8-13(21)11-16(12)22/h3-8,11H,2,9-10H2,1H3,(H,23,27)(H,24,28). The first-order chi connectivity index (χ1) is 13.9. The Kier molecular flexibility index (Phi) is 6.51. The summed E-state index contributed by atoms with van der Waals surface area (Å²) in [6, 6.07) is 11.5. The molecule has 29 heavy (non-hydrogen) atoms. The molecule has 150 valence electrons. The number of rotatable bonds is 5. The van der Waals surface area contributed by atoms with Gasteiger partial charge >= 0.3 is 0 Å². The molecular formula is C20H18Cl2N4O3. The van der Waals surface area contributed by atoms with Gasteiger partial charge in [-0.3, -0.25) is 25.2 Å². The summed E-state index contributed by atoms with van der Waals surface area (Å²) < 4.78 is 1.26. The number of hydrogen-bond acceptors (Lipinski definition) is 4. The molecule has 3 rings (SSSR count). The van der Waals surface area contributed by atoms with Gasteiger partial charge in [-0.15, -0.1) is 0 Å². The van der Waals surface area contributed by atoms with E-state index in [0.717, 1.165) is 0 Å². The van der Waals surface area contributed by atoms with Gasteiger partial charge in [-0.2, -0.15) is 5.10 Å². The largest absolute Gasteiger partial charge is 0.290 e. The molecule has 0 atom stereocenters. The number of halogens is 2. The first-order valence-corrected chi connectivity index (χ1v) is 9.69. The molecule has 0 aliphatic rings. The van der Waals surface area contributed by atoms with E-state index in [1.807, 2.05) is 6.92 Å². The van der Waals surface area contributed by atoms with Crippen LogP contribution >= 0.6 is 23.2 Å². The van der Waals surface area contributed by atoms with Crippen LogP contribution in [-0.2, 0) is 17.8 Å². The highest BCUT2D eigenvalue weighted by Gasteiger charge is 2.17. The third-order valence-electron chi connectivity index (χ3n) is 4.20. The summed E-state index contributed by atoms with van der Waals surface area (Å²) in [7, 11) is 0. The minimum Gasteiger partial charge on any atom is -0.273 e. The average Bonchev–Trinajstić information content (AvgIpc) is 2.70. The van der Waals surface area contributed by atoms with Crippen LogP contribution in [0.15, 0.2) is 47.3 Å². The minimum atomic E-state index is -0.624. The Labute approximate surface area is 176 Å². The van der Waals surface area contributed by atoms with E-state index in [0.29, 0.717) is 39.3 Å². The Morgan fingerprint density at radius 2 is 1.79 bits per heavy atom. The fourth-order valence-corrected chi connectivity index (χ4v) is 3.31. The molecule has 0 fully saturated rings. The molecule has 0 spiro atoms. The summed E-state index contributed by atoms with van der Waals surface area (Å²) in [5, 5.41) is 5.81. The molecule has 0 radical (unpaired) electrons. The van der Waals surface area contributed by atoms with Crippen LogP contribution in [-0.4, -0.2) is 21.6 Å². The van der Waals surface area contributed by atoms with Crippen molar-refractivity contribution in [3.8, 4) is 0 Å². The lowest BCUT2D eigenvalue weighted by atomic mass is 10.1. The van der Waals surface area contributed by atoms with Crippen molar-refractivity contribution in [2.75, 3.05) is 0 Å². The molecule has 0 aliphatic heterocycles. The van der Waals surface area contributed by atoms with E-state index in [2.05, 4.69) is 16.0 Å². The zero-order valence-electron chi connectivity index (χ0n) is 15.5. The molecule has 1 aromatic heterocycles. The molecule has 0 saturated carbocycles. The number of nitrogens with zero attached hydrogens (tertiary/aromatic N) is 2. The topological polar surface area (TPSA) is 93.1 Å². The zero-order valence-corrected chi connectivity index (χ0v) is 17.0. The second kappa shape index (κ2) is 9.07. The molecule has 3 aromatic rings. The highest BCUT2D eigenvalue weighted by atomic mass is 35.5. The first-order valence-electron chi connectivity index (χ1n) is 8.93. The molecule has 0 aliphatic carbocycles. The molecule has 2 amide bonds. The Morgan fingerprint density at radius 1 is 1.07 bits per heavy atom. The van der Waals surface area contributed by atoms with Crippen molar-refractivity contribution >= 4 is 45.8 Å². The number of fused-ring (bicyclic) bond motifs is 1. The van der Waals surface area contributed by atoms with Gasteiger partial charge in [0.1, 0.15) is 0 Å². The Morgan fingerprint density at radius 3 is 2.48 bits per heavy atom. The van der Waals surface area contributed by atoms with Crippen LogP contribution in [0.5, 0.6) is 0 Å². The first kappa shape index (κ1) is 20.8. The van der Waals surface area contributed by atoms with Gasteiger partial charge in [0, 0.05) is 22.0 Å². The summed E-state index contributed by atoms with van der Waals surface area (Å²) >= 11 is 11.9. The number of carbonyl (C=O) groups is 2. The van der Waals surface area contributed by atoms with Gasteiger partial charge in [0.05, 0.1) is 11.8 Å². The van der Waals surface area contributed by atoms with Crippen LogP contribution in [0.2, 0.25) is 10.0 Å². The number of aromatic nitrogens is 2. The Bertz CT molecular complexity index is 1140. The lowest BCUT2D eigenvalue weighted by molar-refractivity contribution is -0.121. The van der Waals surface area contributed by atoms with Crippen molar-refractivity contribution in [1.29, 1.82) is 0 Å². The second-order valence-corrected chi connectivity index (χ2v) is 7.18. The third kappa shape index (κ3) is 4.75. The fourth-order valence-electron chi connectivity index (χ4n) is 2.83. The highest BCUT2D eigenvalue weighted by molar-refractivity contribution is 6.35. The predicted molar refractivity (Wildman–Crippen MR) is 112 cm³/mol. The van der Waals surface area contributed by atoms with Crippen molar-refractivity contribution in [1.82, 2.24) is 20.6 Å². The van der Waals surface area contributed by atoms with Gasteiger partial charge in [0.2, 0.25) is 5.91 Å². The molecule has 7 nitrogen and oxygen atoms in total. The van der Waals surface area contributed by atoms with Crippen LogP contribution in [0.1, 0.15) is 29.4 Å². The van der Waals surface area contributed by atoms with Crippen LogP contribution in [0.4, 0.5) is 0 Å². The molecule has 0 bridgehead atoms. The zero-order chi connectivity index (χ0) is 21.0. The Balaban J connectivity index is 1.78. The highest BCUT2D eigenvalue weighted by Crippen LogP contribution is 2.21. The van der Waals surface area contributed by atoms with Crippen LogP contribution in [0, 0.1) is 0 Å². The van der Waals surface area contributed by atoms with Crippen LogP contribution < -0.4 is 16.4 Å². The molecule has 2 N–H and O–H groups in total. The molecular weight excluding hydrogens is 415 g/mol. The van der Waals surface area contributed by atoms with Gasteiger partial charge in [-0.05, 0) is 30.2 Å². The Hall–Kier alpha value is -2.90. The van der Waals surface area contributed by atoms with Crippen molar-refractivity contribution in [2.24, 2.45) is 0 Å². The molecule has 9 heteroatoms. The van der Waals surface area contributed by atoms with Crippen molar-refractivity contribution < 1.29 is 9.59 Å². The van der Waals surface area contributed by atoms with E-state index < -0.39 is 11.8 Å². The lowest BCUT2D eigenvalue weighted by Gasteiger charge is -2.12. The quantitative estimate of drug-likeness (QED) is 0.605. The van der Waals surface area contributed by atoms with Gasteiger partial charge in [0.15, 0.2) is 5.69 Å². The fraction of sp³-hybridized carbons (Fsp3) is 0.200. The second-order valence-electron chi connectivity index (χ2n) is 6.34. The number of carbonyl (C=O) groups excluding carboxylic acids is 2. The average molecular weight is 433 g/mol. The lowest BCUT2D eigenvalue weighted by Crippen LogP contribution is -2.43. The summed E-state index contributed by atoms with van der Waals surface area (Å²) in [6.07, 6.45) is 0.644. The summed E-state index contributed by atoms with van der Waals surface area (Å²) in [6.45, 7) is 2.29. The monoisotopic (exact) mass is 432 g/mol. The predicted octanol–water partition coefficient (Wildman–Crippen LogP) is 3.12. The number of hydrazine groups is 1. The number of hydrogen-bond donors (Lipinski definition) is 2. The van der Waals surface area contributed by atoms with E-state index in [1.165, 1.54) is 10.7 Å². The third-order valence-corrected chi connectivity index (χ3v) is 4.79. The maximum Gasteiger partial charge on any atom is 0.290 e. The maximum atomic E-state index is 12.6. The van der Waals surface area contributed by atoms with E-state index in [-0.39, 0.29) is 17.7 Å². The van der Waals surface area contributed by atoms with E-state index in [1.54, 1.807) is 36.4 Å². The molecule has 0 saturated heterocycles. The van der Waals surface area contributed by atoms with Gasteiger partial charge in [0.25, 0.3) is 11.5 Å². The summed E-state index contributed by atoms with van der Waals surface area (Å²) in [5.41, 5.74) is 5.05. The van der Waals surface area contributed by atoms with Crippen molar-refractivity contribution in [2.45, 2.75) is 26.3 Å². The number of amides is 2. The van der Waals surface area contributed by atoms with Crippen LogP contribution in [0.3, 0.4) is 0 Å². The number of aryl methyl sites for hydroxylation is 1. The number of nitrogens with one attached hydrogen (secondary N) is 2. The molecule has 2 aromatic carbocycles. The summed E-state index contributed by atoms with van der Waals surface area (Å²) in [4.78, 5) is 37.3. The van der Waals surface area contributed by atoms with E-state index in [4.69, 9.17) is 23.2 Å². The SMILES string of the molecule is CCCn1nc(C(=O)NNC(=O)Cc2ccc(Cl)cc2Cl)c2ccccc2c1=O. The minimum absolute atomic E-state index is 0.0419. The molecule has 0 unspecified atom stereocenters. The van der Waals surface area contributed by atoms with E-state index in [9.17, 15) is 14.4 Å². The van der Waals surface area contributed by atoms with Gasteiger partial charge in [-0.25, -0.2) is 4.68 Å².